The first-order chi connectivity index (χ1) is 9.98. The molecule has 0 radical (unpaired) electrons. The molecule has 2 heterocycles. The van der Waals surface area contributed by atoms with Crippen molar-refractivity contribution in [3.05, 3.63) is 29.1 Å². The summed E-state index contributed by atoms with van der Waals surface area (Å²) in [5.74, 6) is 0. The second-order valence-corrected chi connectivity index (χ2v) is 5.90. The van der Waals surface area contributed by atoms with Crippen LogP contribution in [0.3, 0.4) is 0 Å². The van der Waals surface area contributed by atoms with E-state index in [0.717, 1.165) is 25.9 Å². The van der Waals surface area contributed by atoms with Crippen LogP contribution in [0.1, 0.15) is 19.3 Å². The van der Waals surface area contributed by atoms with Gasteiger partial charge in [-0.1, -0.05) is 18.0 Å². The van der Waals surface area contributed by atoms with Gasteiger partial charge >= 0.3 is 0 Å². The molecule has 126 valence electrons. The zero-order chi connectivity index (χ0) is 15.3. The lowest BCUT2D eigenvalue weighted by molar-refractivity contribution is -1.02. The summed E-state index contributed by atoms with van der Waals surface area (Å²) in [6.07, 6.45) is 7.36. The van der Waals surface area contributed by atoms with Crippen molar-refractivity contribution in [2.45, 2.75) is 25.4 Å². The molecule has 0 saturated carbocycles. The summed E-state index contributed by atoms with van der Waals surface area (Å²) in [5, 5.41) is 29.5. The maximum absolute atomic E-state index is 12.3. The third kappa shape index (κ3) is 5.96. The fraction of sp³-hybridized carbons (Fsp3) is 0.643. The van der Waals surface area contributed by atoms with Crippen LogP contribution in [0.25, 0.3) is 0 Å². The molecule has 2 aliphatic heterocycles. The highest BCUT2D eigenvalue weighted by Crippen LogP contribution is 2.19. The molecule has 2 rings (SSSR count). The number of nitrogens with one attached hydrogen (secondary N) is 1. The van der Waals surface area contributed by atoms with Crippen LogP contribution in [0.2, 0.25) is 0 Å². The summed E-state index contributed by atoms with van der Waals surface area (Å²) in [5.41, 5.74) is 0.337. The zero-order valence-corrected chi connectivity index (χ0v) is 14.0. The Hall–Kier alpha value is -0.470. The predicted molar refractivity (Wildman–Crippen MR) is 88.8 cm³/mol. The first-order valence-electron chi connectivity index (χ1n) is 7.26. The minimum atomic E-state index is -1.04. The number of aliphatic hydroxyl groups excluding tert-OH is 1. The lowest BCUT2D eigenvalue weighted by atomic mass is 10.1. The molecule has 6 nitrogen and oxygen atoms in total. The fourth-order valence-corrected chi connectivity index (χ4v) is 2.67. The highest BCUT2D eigenvalue weighted by molar-refractivity contribution is 6.69. The Balaban J connectivity index is 0.00000242. The van der Waals surface area contributed by atoms with Crippen molar-refractivity contribution in [3.63, 3.8) is 0 Å². The van der Waals surface area contributed by atoms with E-state index >= 15 is 0 Å². The second-order valence-electron chi connectivity index (χ2n) is 5.52. The molecule has 0 aromatic heterocycles. The predicted octanol–water partition coefficient (Wildman–Crippen LogP) is 2.17. The van der Waals surface area contributed by atoms with Crippen molar-refractivity contribution >= 4 is 29.2 Å². The lowest BCUT2D eigenvalue weighted by Crippen LogP contribution is -2.44. The van der Waals surface area contributed by atoms with Gasteiger partial charge in [0.05, 0.1) is 11.7 Å². The van der Waals surface area contributed by atoms with Crippen molar-refractivity contribution in [1.29, 1.82) is 5.41 Å². The van der Waals surface area contributed by atoms with Crippen molar-refractivity contribution in [1.82, 2.24) is 4.90 Å². The second kappa shape index (κ2) is 8.98. The number of halogens is 2. The number of aliphatic hydroxyl groups is 1. The Kier molecular flexibility index (Phi) is 7.99. The van der Waals surface area contributed by atoms with Crippen LogP contribution < -0.4 is 0 Å². The smallest absolute Gasteiger partial charge is 0.139 e. The van der Waals surface area contributed by atoms with Gasteiger partial charge in [0, 0.05) is 6.54 Å². The number of piperidine rings is 1. The molecule has 0 aromatic rings. The SMILES string of the molecule is Cl.N=C(Cl)C1=C[N@@+]([O-])(OC[C@H](O)CN2CCCCC2)CC=C1. The van der Waals surface area contributed by atoms with Gasteiger partial charge in [-0.05, 0) is 38.1 Å². The van der Waals surface area contributed by atoms with E-state index in [2.05, 4.69) is 4.90 Å². The number of quaternary nitrogens is 1. The van der Waals surface area contributed by atoms with Crippen molar-refractivity contribution in [3.8, 4) is 0 Å². The molecule has 0 aliphatic carbocycles. The third-order valence-electron chi connectivity index (χ3n) is 3.65. The molecule has 0 bridgehead atoms. The Morgan fingerprint density at radius 2 is 2.14 bits per heavy atom. The molecule has 22 heavy (non-hydrogen) atoms. The van der Waals surface area contributed by atoms with E-state index in [1.54, 1.807) is 12.2 Å². The van der Waals surface area contributed by atoms with Crippen molar-refractivity contribution < 1.29 is 14.8 Å². The highest BCUT2D eigenvalue weighted by atomic mass is 35.5. The molecule has 1 saturated heterocycles. The van der Waals surface area contributed by atoms with Gasteiger partial charge in [-0.15, -0.1) is 12.4 Å². The van der Waals surface area contributed by atoms with E-state index in [1.807, 2.05) is 0 Å². The van der Waals surface area contributed by atoms with Crippen LogP contribution in [0, 0.1) is 10.6 Å². The first-order valence-corrected chi connectivity index (χ1v) is 7.64. The molecule has 0 spiro atoms. The maximum atomic E-state index is 12.3. The van der Waals surface area contributed by atoms with E-state index < -0.39 is 10.9 Å². The fourth-order valence-electron chi connectivity index (χ4n) is 2.56. The standard InChI is InChI=1S/C14H22ClN3O3.ClH/c15-14(16)12-5-4-8-18(20,10-12)21-11-13(19)9-17-6-2-1-3-7-17;/h4-5,10,13,16,19H,1-3,6-9,11H2;1H/t13-,18+;/m1./s1. The normalized spacial score (nSPS) is 27.0. The average Bonchev–Trinajstić information content (AvgIpc) is 2.46. The Bertz CT molecular complexity index is 439. The Labute approximate surface area is 142 Å². The van der Waals surface area contributed by atoms with Gasteiger partial charge in [0.15, 0.2) is 0 Å². The summed E-state index contributed by atoms with van der Waals surface area (Å²) in [6, 6.07) is 0. The van der Waals surface area contributed by atoms with E-state index in [4.69, 9.17) is 21.8 Å². The van der Waals surface area contributed by atoms with Gasteiger partial charge in [0.1, 0.15) is 24.5 Å². The molecular formula is C14H23Cl2N3O3. The number of nitrogens with zero attached hydrogens (tertiary/aromatic N) is 2. The Morgan fingerprint density at radius 3 is 2.77 bits per heavy atom. The van der Waals surface area contributed by atoms with Gasteiger partial charge in [-0.2, -0.15) is 9.65 Å². The molecule has 0 unspecified atom stereocenters. The zero-order valence-electron chi connectivity index (χ0n) is 12.4. The van der Waals surface area contributed by atoms with Gasteiger partial charge in [0.2, 0.25) is 0 Å². The van der Waals surface area contributed by atoms with E-state index in [0.29, 0.717) is 12.1 Å². The quantitative estimate of drug-likeness (QED) is 0.436. The minimum absolute atomic E-state index is 0. The number of rotatable bonds is 6. The van der Waals surface area contributed by atoms with Crippen LogP contribution in [-0.4, -0.2) is 58.9 Å². The number of allylic oxidation sites excluding steroid dienone is 2. The van der Waals surface area contributed by atoms with Crippen molar-refractivity contribution in [2.24, 2.45) is 0 Å². The molecule has 2 aliphatic rings. The molecule has 0 amide bonds. The first kappa shape index (κ1) is 19.6. The lowest BCUT2D eigenvalue weighted by Gasteiger charge is -2.37. The molecule has 0 aromatic carbocycles. The van der Waals surface area contributed by atoms with Crippen LogP contribution >= 0.6 is 24.0 Å². The van der Waals surface area contributed by atoms with E-state index in [1.165, 1.54) is 12.6 Å². The summed E-state index contributed by atoms with van der Waals surface area (Å²) in [7, 11) is 0. The van der Waals surface area contributed by atoms with Crippen LogP contribution in [0.5, 0.6) is 0 Å². The number of likely N-dealkylation sites (tertiary alicyclic amines) is 1. The highest BCUT2D eigenvalue weighted by Gasteiger charge is 2.23. The van der Waals surface area contributed by atoms with Crippen LogP contribution in [-0.2, 0) is 4.84 Å². The number of hydrogen-bond acceptors (Lipinski definition) is 5. The molecule has 2 atom stereocenters. The van der Waals surface area contributed by atoms with Crippen LogP contribution in [0.15, 0.2) is 23.9 Å². The summed E-state index contributed by atoms with van der Waals surface area (Å²) < 4.78 is 0. The topological polar surface area (TPSA) is 79.6 Å². The van der Waals surface area contributed by atoms with E-state index in [-0.39, 0.29) is 30.7 Å². The molecular weight excluding hydrogens is 329 g/mol. The molecule has 2 N–H and O–H groups in total. The Morgan fingerprint density at radius 1 is 1.45 bits per heavy atom. The molecule has 8 heteroatoms. The molecule has 1 fully saturated rings. The summed E-state index contributed by atoms with van der Waals surface area (Å²) in [6.45, 7) is 2.59. The van der Waals surface area contributed by atoms with Crippen LogP contribution in [0.4, 0.5) is 0 Å². The number of β-amino-alcohol motifs (C(OH)–C–C–N with tert-alkyl or cyclic N) is 1. The van der Waals surface area contributed by atoms with Gasteiger partial charge in [0.25, 0.3) is 0 Å². The van der Waals surface area contributed by atoms with Gasteiger partial charge < -0.3 is 15.2 Å². The van der Waals surface area contributed by atoms with Gasteiger partial charge in [-0.3, -0.25) is 5.41 Å². The monoisotopic (exact) mass is 351 g/mol. The maximum Gasteiger partial charge on any atom is 0.139 e. The van der Waals surface area contributed by atoms with Gasteiger partial charge in [-0.25, -0.2) is 0 Å². The van der Waals surface area contributed by atoms with Crippen molar-refractivity contribution in [2.75, 3.05) is 32.8 Å². The third-order valence-corrected chi connectivity index (χ3v) is 3.87. The van der Waals surface area contributed by atoms with E-state index in [9.17, 15) is 10.3 Å². The minimum Gasteiger partial charge on any atom is -0.593 e. The number of hydroxylamine groups is 4. The average molecular weight is 352 g/mol. The largest absolute Gasteiger partial charge is 0.593 e. The summed E-state index contributed by atoms with van der Waals surface area (Å²) >= 11 is 5.58. The summed E-state index contributed by atoms with van der Waals surface area (Å²) in [4.78, 5) is 6.43. The number of hydrogen-bond donors (Lipinski definition) is 2.